The molecule has 5 nitrogen and oxygen atoms in total. The van der Waals surface area contributed by atoms with E-state index in [1.807, 2.05) is 0 Å². The standard InChI is InChI=1S/C41H83NO4/c1-3-5-7-9-11-13-15-17-19-21-23-25-27-29-31-34-40(46-41(44)42-36-33-38-45-39-37-43)35-32-30-28-26-24-22-20-18-16-14-12-10-8-6-4-2/h40,43H,3-39H2,1-2H3,(H,42,44). The normalized spacial score (nSPS) is 11.5. The highest BCUT2D eigenvalue weighted by Crippen LogP contribution is 2.19. The number of ether oxygens (including phenoxy) is 2. The topological polar surface area (TPSA) is 67.8 Å². The fourth-order valence-electron chi connectivity index (χ4n) is 6.47. The third-order valence-corrected chi connectivity index (χ3v) is 9.50. The molecule has 276 valence electrons. The van der Waals surface area contributed by atoms with Crippen LogP contribution in [0.3, 0.4) is 0 Å². The Kier molecular flexibility index (Phi) is 39.7. The van der Waals surface area contributed by atoms with E-state index in [4.69, 9.17) is 14.6 Å². The Hall–Kier alpha value is -0.810. The third kappa shape index (κ3) is 37.6. The second-order valence-corrected chi connectivity index (χ2v) is 14.1. The molecule has 0 aliphatic carbocycles. The van der Waals surface area contributed by atoms with Crippen LogP contribution in [0.4, 0.5) is 4.79 Å². The summed E-state index contributed by atoms with van der Waals surface area (Å²) in [7, 11) is 0. The highest BCUT2D eigenvalue weighted by molar-refractivity contribution is 5.67. The summed E-state index contributed by atoms with van der Waals surface area (Å²) < 4.78 is 11.2. The number of aliphatic hydroxyl groups excluding tert-OH is 1. The molecule has 0 atom stereocenters. The molecule has 0 radical (unpaired) electrons. The van der Waals surface area contributed by atoms with Crippen molar-refractivity contribution < 1.29 is 19.4 Å². The second-order valence-electron chi connectivity index (χ2n) is 14.1. The lowest BCUT2D eigenvalue weighted by Gasteiger charge is -2.18. The summed E-state index contributed by atoms with van der Waals surface area (Å²) in [5.74, 6) is 0. The number of alkyl carbamates (subject to hydrolysis) is 1. The number of hydrogen-bond donors (Lipinski definition) is 2. The number of nitrogens with one attached hydrogen (secondary N) is 1. The minimum absolute atomic E-state index is 0.0367. The van der Waals surface area contributed by atoms with E-state index in [1.54, 1.807) is 0 Å². The van der Waals surface area contributed by atoms with Crippen molar-refractivity contribution in [2.45, 2.75) is 232 Å². The van der Waals surface area contributed by atoms with Crippen molar-refractivity contribution in [3.8, 4) is 0 Å². The summed E-state index contributed by atoms with van der Waals surface area (Å²) in [6.07, 6.45) is 43.6. The van der Waals surface area contributed by atoms with Crippen molar-refractivity contribution in [2.24, 2.45) is 0 Å². The predicted octanol–water partition coefficient (Wildman–Crippen LogP) is 13.0. The number of rotatable bonds is 39. The van der Waals surface area contributed by atoms with Crippen LogP contribution in [0, 0.1) is 0 Å². The number of carbonyl (C=O) groups is 1. The molecule has 0 spiro atoms. The van der Waals surface area contributed by atoms with E-state index in [0.717, 1.165) is 32.1 Å². The molecule has 0 aliphatic heterocycles. The Morgan fingerprint density at radius 1 is 0.478 bits per heavy atom. The highest BCUT2D eigenvalue weighted by atomic mass is 16.6. The first-order valence-electron chi connectivity index (χ1n) is 20.9. The molecule has 1 amide bonds. The summed E-state index contributed by atoms with van der Waals surface area (Å²) in [5.41, 5.74) is 0. The van der Waals surface area contributed by atoms with Crippen molar-refractivity contribution in [3.63, 3.8) is 0 Å². The van der Waals surface area contributed by atoms with Crippen LogP contribution in [0.1, 0.15) is 226 Å². The molecule has 0 aliphatic rings. The molecule has 0 bridgehead atoms. The van der Waals surface area contributed by atoms with Gasteiger partial charge in [0.15, 0.2) is 0 Å². The van der Waals surface area contributed by atoms with E-state index in [2.05, 4.69) is 19.2 Å². The molecule has 5 heteroatoms. The molecule has 0 heterocycles. The van der Waals surface area contributed by atoms with E-state index in [1.165, 1.54) is 180 Å². The highest BCUT2D eigenvalue weighted by Gasteiger charge is 2.14. The Morgan fingerprint density at radius 2 is 0.804 bits per heavy atom. The third-order valence-electron chi connectivity index (χ3n) is 9.50. The predicted molar refractivity (Wildman–Crippen MR) is 200 cm³/mol. The summed E-state index contributed by atoms with van der Waals surface area (Å²) in [6, 6.07) is 0. The van der Waals surface area contributed by atoms with Gasteiger partial charge in [-0.2, -0.15) is 0 Å². The first-order chi connectivity index (χ1) is 22.7. The average Bonchev–Trinajstić information content (AvgIpc) is 3.06. The smallest absolute Gasteiger partial charge is 0.407 e. The van der Waals surface area contributed by atoms with E-state index >= 15 is 0 Å². The molecule has 0 aromatic heterocycles. The molecule has 0 unspecified atom stereocenters. The number of amides is 1. The molecular formula is C41H83NO4. The largest absolute Gasteiger partial charge is 0.446 e. The minimum atomic E-state index is -0.283. The van der Waals surface area contributed by atoms with E-state index in [0.29, 0.717) is 19.8 Å². The van der Waals surface area contributed by atoms with Crippen LogP contribution in [0.15, 0.2) is 0 Å². The van der Waals surface area contributed by atoms with Crippen molar-refractivity contribution in [1.82, 2.24) is 5.32 Å². The lowest BCUT2D eigenvalue weighted by atomic mass is 10.0. The maximum absolute atomic E-state index is 12.4. The van der Waals surface area contributed by atoms with Gasteiger partial charge in [-0.1, -0.05) is 194 Å². The van der Waals surface area contributed by atoms with Gasteiger partial charge in [0.05, 0.1) is 13.2 Å². The molecule has 46 heavy (non-hydrogen) atoms. The second kappa shape index (κ2) is 40.4. The van der Waals surface area contributed by atoms with Gasteiger partial charge in [0.25, 0.3) is 0 Å². The maximum Gasteiger partial charge on any atom is 0.407 e. The average molecular weight is 654 g/mol. The monoisotopic (exact) mass is 654 g/mol. The van der Waals surface area contributed by atoms with Gasteiger partial charge in [-0.3, -0.25) is 0 Å². The molecule has 2 N–H and O–H groups in total. The minimum Gasteiger partial charge on any atom is -0.446 e. The van der Waals surface area contributed by atoms with Gasteiger partial charge in [-0.25, -0.2) is 4.79 Å². The summed E-state index contributed by atoms with van der Waals surface area (Å²) >= 11 is 0. The summed E-state index contributed by atoms with van der Waals surface area (Å²) in [5, 5.41) is 11.7. The number of hydrogen-bond acceptors (Lipinski definition) is 4. The number of carbonyl (C=O) groups excluding carboxylic acids is 1. The Morgan fingerprint density at radius 3 is 1.13 bits per heavy atom. The Bertz CT molecular complexity index is 539. The van der Waals surface area contributed by atoms with Gasteiger partial charge < -0.3 is 19.9 Å². The molecule has 0 saturated heterocycles. The SMILES string of the molecule is CCCCCCCCCCCCCCCCCC(CCCCCCCCCCCCCCCCC)OC(=O)NCCCOCCO. The van der Waals surface area contributed by atoms with Crippen LogP contribution in [0.2, 0.25) is 0 Å². The van der Waals surface area contributed by atoms with Gasteiger partial charge >= 0.3 is 6.09 Å². The fraction of sp³-hybridized carbons (Fsp3) is 0.976. The van der Waals surface area contributed by atoms with Gasteiger partial charge in [-0.15, -0.1) is 0 Å². The lowest BCUT2D eigenvalue weighted by molar-refractivity contribution is 0.0789. The van der Waals surface area contributed by atoms with Crippen molar-refractivity contribution in [3.05, 3.63) is 0 Å². The molecule has 0 saturated carbocycles. The summed E-state index contributed by atoms with van der Waals surface area (Å²) in [4.78, 5) is 12.4. The van der Waals surface area contributed by atoms with E-state index < -0.39 is 0 Å². The molecular weight excluding hydrogens is 570 g/mol. The molecule has 0 fully saturated rings. The zero-order chi connectivity index (χ0) is 33.4. The van der Waals surface area contributed by atoms with E-state index in [-0.39, 0.29) is 18.8 Å². The summed E-state index contributed by atoms with van der Waals surface area (Å²) in [6.45, 7) is 6.06. The molecule has 0 aromatic rings. The Balaban J connectivity index is 3.95. The van der Waals surface area contributed by atoms with Gasteiger partial charge in [-0.05, 0) is 32.1 Å². The first-order valence-corrected chi connectivity index (χ1v) is 20.9. The van der Waals surface area contributed by atoms with Crippen molar-refractivity contribution in [2.75, 3.05) is 26.4 Å². The van der Waals surface area contributed by atoms with Crippen LogP contribution >= 0.6 is 0 Å². The zero-order valence-electron chi connectivity index (χ0n) is 31.4. The number of unbranched alkanes of at least 4 members (excludes halogenated alkanes) is 28. The maximum atomic E-state index is 12.4. The van der Waals surface area contributed by atoms with E-state index in [9.17, 15) is 4.79 Å². The van der Waals surface area contributed by atoms with Crippen molar-refractivity contribution >= 4 is 6.09 Å². The van der Waals surface area contributed by atoms with Crippen LogP contribution in [0.5, 0.6) is 0 Å². The van der Waals surface area contributed by atoms with Crippen LogP contribution in [-0.4, -0.2) is 43.7 Å². The van der Waals surface area contributed by atoms with Crippen molar-refractivity contribution in [1.29, 1.82) is 0 Å². The first kappa shape index (κ1) is 45.2. The quantitative estimate of drug-likeness (QED) is 0.0648. The fourth-order valence-corrected chi connectivity index (χ4v) is 6.47. The Labute approximate surface area is 288 Å². The van der Waals surface area contributed by atoms with Crippen LogP contribution < -0.4 is 5.32 Å². The van der Waals surface area contributed by atoms with Gasteiger partial charge in [0.1, 0.15) is 6.10 Å². The molecule has 0 aromatic carbocycles. The van der Waals surface area contributed by atoms with Gasteiger partial charge in [0.2, 0.25) is 0 Å². The zero-order valence-corrected chi connectivity index (χ0v) is 31.4. The number of aliphatic hydroxyl groups is 1. The van der Waals surface area contributed by atoms with Crippen LogP contribution in [-0.2, 0) is 9.47 Å². The van der Waals surface area contributed by atoms with Crippen LogP contribution in [0.25, 0.3) is 0 Å². The molecule has 0 rings (SSSR count). The van der Waals surface area contributed by atoms with Gasteiger partial charge in [0, 0.05) is 13.2 Å². The lowest BCUT2D eigenvalue weighted by Crippen LogP contribution is -2.30.